The van der Waals surface area contributed by atoms with Gasteiger partial charge in [0.1, 0.15) is 17.5 Å². The molecule has 1 aromatic carbocycles. The van der Waals surface area contributed by atoms with E-state index >= 15 is 0 Å². The zero-order chi connectivity index (χ0) is 37.0. The molecule has 4 heterocycles. The van der Waals surface area contributed by atoms with Crippen LogP contribution in [0, 0.1) is 11.3 Å². The lowest BCUT2D eigenvalue weighted by atomic mass is 9.96. The predicted molar refractivity (Wildman–Crippen MR) is 207 cm³/mol. The molecule has 3 atom stereocenters. The molecule has 0 radical (unpaired) electrons. The molecule has 12 nitrogen and oxygen atoms in total. The average Bonchev–Trinajstić information content (AvgIpc) is 3.52. The van der Waals surface area contributed by atoms with Crippen molar-refractivity contribution >= 4 is 29.5 Å². The first-order valence-corrected chi connectivity index (χ1v) is 18.7. The van der Waals surface area contributed by atoms with Crippen molar-refractivity contribution in [1.82, 2.24) is 30.4 Å². The van der Waals surface area contributed by atoms with Crippen molar-refractivity contribution in [3.63, 3.8) is 0 Å². The number of halogens is 1. The van der Waals surface area contributed by atoms with Gasteiger partial charge in [0, 0.05) is 37.0 Å². The van der Waals surface area contributed by atoms with Crippen molar-refractivity contribution < 1.29 is 18.9 Å². The Morgan fingerprint density at radius 1 is 1.10 bits per heavy atom. The largest absolute Gasteiger partial charge is 0.487 e. The van der Waals surface area contributed by atoms with Crippen LogP contribution in [0.1, 0.15) is 79.7 Å². The highest BCUT2D eigenvalue weighted by Crippen LogP contribution is 2.34. The molecule has 6 rings (SSSR count). The van der Waals surface area contributed by atoms with Crippen molar-refractivity contribution in [2.45, 2.75) is 98.0 Å². The molecule has 3 fully saturated rings. The minimum atomic E-state index is -0.0775. The summed E-state index contributed by atoms with van der Waals surface area (Å²) in [5.41, 5.74) is 2.54. The van der Waals surface area contributed by atoms with Gasteiger partial charge in [0.25, 0.3) is 5.88 Å². The summed E-state index contributed by atoms with van der Waals surface area (Å²) in [5, 5.41) is 21.0. The number of aromatic nitrogens is 4. The number of nitrogens with zero attached hydrogens (tertiary/aromatic N) is 4. The normalized spacial score (nSPS) is 19.2. The van der Waals surface area contributed by atoms with Crippen LogP contribution in [0.5, 0.6) is 11.6 Å². The Bertz CT molecular complexity index is 1420. The molecule has 3 aliphatic rings. The summed E-state index contributed by atoms with van der Waals surface area (Å²) in [6.07, 6.45) is 15.2. The first-order valence-electron chi connectivity index (χ1n) is 18.3. The molecule has 51 heavy (non-hydrogen) atoms. The fourth-order valence-electron chi connectivity index (χ4n) is 5.60. The third-order valence-electron chi connectivity index (χ3n) is 8.18. The van der Waals surface area contributed by atoms with Crippen LogP contribution in [0.15, 0.2) is 49.6 Å². The first-order chi connectivity index (χ1) is 24.8. The molecule has 2 aliphatic heterocycles. The molecule has 2 saturated heterocycles. The van der Waals surface area contributed by atoms with Crippen molar-refractivity contribution in [2.75, 3.05) is 44.8 Å². The van der Waals surface area contributed by atoms with Crippen molar-refractivity contribution in [3.05, 3.63) is 54.6 Å². The van der Waals surface area contributed by atoms with Gasteiger partial charge in [-0.25, -0.2) is 9.97 Å². The van der Waals surface area contributed by atoms with E-state index in [4.69, 9.17) is 41.1 Å². The Kier molecular flexibility index (Phi) is 18.8. The van der Waals surface area contributed by atoms with Crippen LogP contribution >= 0.6 is 11.6 Å². The van der Waals surface area contributed by atoms with E-state index in [1.807, 2.05) is 49.8 Å². The minimum absolute atomic E-state index is 0.0775. The number of morpholine rings is 1. The lowest BCUT2D eigenvalue weighted by molar-refractivity contribution is -0.0514. The van der Waals surface area contributed by atoms with E-state index in [2.05, 4.69) is 46.3 Å². The van der Waals surface area contributed by atoms with E-state index < -0.39 is 0 Å². The highest BCUT2D eigenvalue weighted by atomic mass is 35.5. The van der Waals surface area contributed by atoms with E-state index in [1.165, 1.54) is 25.5 Å². The maximum absolute atomic E-state index is 6.37. The highest BCUT2D eigenvalue weighted by Gasteiger charge is 2.23. The van der Waals surface area contributed by atoms with Crippen LogP contribution < -0.4 is 25.4 Å². The summed E-state index contributed by atoms with van der Waals surface area (Å²) >= 11 is 6.37. The molecule has 0 bridgehead atoms. The second kappa shape index (κ2) is 23.0. The number of hydrogen-bond acceptors (Lipinski definition) is 11. The van der Waals surface area contributed by atoms with Crippen LogP contribution in [-0.2, 0) is 9.47 Å². The zero-order valence-electron chi connectivity index (χ0n) is 31.3. The number of hydrogen-bond donors (Lipinski definition) is 4. The molecule has 0 amide bonds. The molecule has 1 aliphatic carbocycles. The molecular formula is C38H59ClN8O4. The Balaban J connectivity index is 0.000000461. The number of ether oxygens (including phenoxy) is 4. The van der Waals surface area contributed by atoms with Crippen LogP contribution in [0.3, 0.4) is 0 Å². The number of nitrogens with one attached hydrogen (secondary N) is 4. The second-order valence-electron chi connectivity index (χ2n) is 12.6. The number of benzene rings is 1. The van der Waals surface area contributed by atoms with Gasteiger partial charge in [-0.3, -0.25) is 4.68 Å². The van der Waals surface area contributed by atoms with Crippen LogP contribution in [0.2, 0.25) is 5.02 Å². The Hall–Kier alpha value is -3.71. The first kappa shape index (κ1) is 41.7. The van der Waals surface area contributed by atoms with Crippen LogP contribution in [0.25, 0.3) is 11.1 Å². The van der Waals surface area contributed by atoms with Crippen molar-refractivity contribution in [2.24, 2.45) is 5.92 Å². The van der Waals surface area contributed by atoms with Gasteiger partial charge in [0.2, 0.25) is 5.95 Å². The quantitative estimate of drug-likeness (QED) is 0.137. The number of rotatable bonds is 12. The van der Waals surface area contributed by atoms with E-state index in [0.717, 1.165) is 56.0 Å². The van der Waals surface area contributed by atoms with Crippen LogP contribution in [0.4, 0.5) is 11.6 Å². The Morgan fingerprint density at radius 3 is 2.33 bits per heavy atom. The van der Waals surface area contributed by atoms with Gasteiger partial charge in [-0.05, 0) is 70.6 Å². The van der Waals surface area contributed by atoms with Crippen molar-refractivity contribution in [3.8, 4) is 22.8 Å². The standard InChI is InChI=1S/C28H35ClN6O3.C6H13NO.C2H5N.C2H6/c1-3-30-12-19(2)38-26-11-21(9-10-24(26)29)22-13-31-28(32-14-22)33-25-15-35(23-7-5-4-6-8-23)34-27(25)37-18-20-16-36-17-20;1-5-3-7-4-6(2)8-5;1-2-3;1-2/h3,9-11,13-15,19-20,23,30H,1,4-8,12,16-18H2,2H3,(H,31,32,33);5-7H,3-4H2,1-2H3;2-3H,1H3;1-2H3/t19-;;;/m0.../s1. The summed E-state index contributed by atoms with van der Waals surface area (Å²) in [6, 6.07) is 6.05. The van der Waals surface area contributed by atoms with E-state index in [1.54, 1.807) is 25.5 Å². The van der Waals surface area contributed by atoms with Gasteiger partial charge in [-0.1, -0.05) is 57.4 Å². The van der Waals surface area contributed by atoms with E-state index in [-0.39, 0.29) is 6.10 Å². The molecule has 4 N–H and O–H groups in total. The fourth-order valence-corrected chi connectivity index (χ4v) is 5.77. The lowest BCUT2D eigenvalue weighted by Crippen LogP contribution is -2.41. The van der Waals surface area contributed by atoms with E-state index in [9.17, 15) is 0 Å². The summed E-state index contributed by atoms with van der Waals surface area (Å²) in [4.78, 5) is 9.12. The van der Waals surface area contributed by atoms with Gasteiger partial charge in [-0.15, -0.1) is 5.10 Å². The average molecular weight is 727 g/mol. The SMILES string of the molecule is C=CNC[C@H](C)Oc1cc(-c2cnc(Nc3cn(C4CCCCC4)nc3OCC3COC3)nc2)ccc1Cl.CC.CC1CNCC(C)O1.CC=N. The zero-order valence-corrected chi connectivity index (χ0v) is 32.0. The molecule has 1 saturated carbocycles. The minimum Gasteiger partial charge on any atom is -0.487 e. The highest BCUT2D eigenvalue weighted by molar-refractivity contribution is 6.32. The molecule has 2 aromatic heterocycles. The van der Waals surface area contributed by atoms with Crippen molar-refractivity contribution in [1.29, 1.82) is 5.41 Å². The third kappa shape index (κ3) is 14.1. The van der Waals surface area contributed by atoms with Gasteiger partial charge < -0.3 is 40.3 Å². The van der Waals surface area contributed by atoms with Gasteiger partial charge >= 0.3 is 0 Å². The topological polar surface area (TPSA) is 140 Å². The molecule has 13 heteroatoms. The lowest BCUT2D eigenvalue weighted by Gasteiger charge is -2.25. The number of anilines is 2. The smallest absolute Gasteiger partial charge is 0.256 e. The predicted octanol–water partition coefficient (Wildman–Crippen LogP) is 7.83. The van der Waals surface area contributed by atoms with E-state index in [0.29, 0.717) is 59.9 Å². The molecular weight excluding hydrogens is 668 g/mol. The Morgan fingerprint density at radius 2 is 1.76 bits per heavy atom. The molecule has 2 unspecified atom stereocenters. The Labute approximate surface area is 309 Å². The van der Waals surface area contributed by atoms with Crippen LogP contribution in [-0.4, -0.2) is 83.7 Å². The molecule has 3 aromatic rings. The summed E-state index contributed by atoms with van der Waals surface area (Å²) in [5.74, 6) is 2.07. The van der Waals surface area contributed by atoms with Gasteiger partial charge in [-0.2, -0.15) is 0 Å². The molecule has 0 spiro atoms. The maximum atomic E-state index is 6.37. The fraction of sp³-hybridized carbons (Fsp3) is 0.579. The van der Waals surface area contributed by atoms with Gasteiger partial charge in [0.05, 0.1) is 55.8 Å². The molecule has 282 valence electrons. The van der Waals surface area contributed by atoms with Gasteiger partial charge in [0.15, 0.2) is 0 Å². The summed E-state index contributed by atoms with van der Waals surface area (Å²) in [7, 11) is 0. The summed E-state index contributed by atoms with van der Waals surface area (Å²) in [6.45, 7) is 20.2. The monoisotopic (exact) mass is 726 g/mol. The summed E-state index contributed by atoms with van der Waals surface area (Å²) < 4.78 is 24.8. The second-order valence-corrected chi connectivity index (χ2v) is 13.1. The third-order valence-corrected chi connectivity index (χ3v) is 8.49. The maximum Gasteiger partial charge on any atom is 0.256 e.